The lowest BCUT2D eigenvalue weighted by atomic mass is 9.80. The van der Waals surface area contributed by atoms with Crippen LogP contribution in [-0.4, -0.2) is 30.1 Å². The summed E-state index contributed by atoms with van der Waals surface area (Å²) in [5.41, 5.74) is 5.14. The molecule has 1 aliphatic heterocycles. The van der Waals surface area contributed by atoms with E-state index in [4.69, 9.17) is 5.73 Å². The summed E-state index contributed by atoms with van der Waals surface area (Å²) in [5, 5.41) is 2.52. The molecule has 122 valence electrons. The Morgan fingerprint density at radius 2 is 2.09 bits per heavy atom. The Balaban J connectivity index is 2.07. The number of piperidine rings is 1. The minimum atomic E-state index is -4.43. The Hall–Kier alpha value is -1.76. The highest BCUT2D eigenvalue weighted by atomic mass is 19.4. The Morgan fingerprint density at radius 3 is 2.68 bits per heavy atom. The van der Waals surface area contributed by atoms with Crippen LogP contribution in [0.4, 0.5) is 23.7 Å². The highest BCUT2D eigenvalue weighted by Crippen LogP contribution is 2.31. The third-order valence-corrected chi connectivity index (χ3v) is 4.04. The van der Waals surface area contributed by atoms with Crippen LogP contribution in [0.3, 0.4) is 0 Å². The third-order valence-electron chi connectivity index (χ3n) is 4.04. The van der Waals surface area contributed by atoms with Gasteiger partial charge in [-0.25, -0.2) is 4.79 Å². The summed E-state index contributed by atoms with van der Waals surface area (Å²) in [6, 6.07) is 4.21. The molecular formula is C15H20F3N3O. The number of carbonyl (C=O) groups is 1. The van der Waals surface area contributed by atoms with Gasteiger partial charge in [0.05, 0.1) is 5.56 Å². The van der Waals surface area contributed by atoms with Crippen molar-refractivity contribution in [3.05, 3.63) is 29.8 Å². The number of nitrogens with one attached hydrogen (secondary N) is 1. The van der Waals surface area contributed by atoms with E-state index in [0.29, 0.717) is 19.5 Å². The first kappa shape index (κ1) is 16.6. The number of likely N-dealkylation sites (tertiary alicyclic amines) is 1. The van der Waals surface area contributed by atoms with Gasteiger partial charge in [-0.05, 0) is 30.0 Å². The number of alkyl halides is 3. The molecule has 7 heteroatoms. The number of anilines is 1. The van der Waals surface area contributed by atoms with Gasteiger partial charge in [-0.15, -0.1) is 0 Å². The maximum atomic E-state index is 12.7. The number of hydrogen-bond acceptors (Lipinski definition) is 2. The SMILES string of the molecule is CC1(C)CN(C(=O)Nc2cccc(C(F)(F)F)c2)CCC1N. The fourth-order valence-electron chi connectivity index (χ4n) is 2.52. The van der Waals surface area contributed by atoms with Gasteiger partial charge in [0, 0.05) is 24.8 Å². The van der Waals surface area contributed by atoms with E-state index >= 15 is 0 Å². The number of urea groups is 1. The minimum Gasteiger partial charge on any atom is -0.327 e. The van der Waals surface area contributed by atoms with Gasteiger partial charge in [-0.3, -0.25) is 0 Å². The zero-order valence-corrected chi connectivity index (χ0v) is 12.6. The summed E-state index contributed by atoms with van der Waals surface area (Å²) < 4.78 is 38.0. The van der Waals surface area contributed by atoms with Crippen molar-refractivity contribution in [2.75, 3.05) is 18.4 Å². The largest absolute Gasteiger partial charge is 0.416 e. The van der Waals surface area contributed by atoms with Gasteiger partial charge < -0.3 is 16.0 Å². The molecule has 1 unspecified atom stereocenters. The molecule has 0 radical (unpaired) electrons. The van der Waals surface area contributed by atoms with E-state index < -0.39 is 17.8 Å². The normalized spacial score (nSPS) is 21.5. The van der Waals surface area contributed by atoms with Crippen LogP contribution < -0.4 is 11.1 Å². The molecule has 1 aromatic rings. The standard InChI is InChI=1S/C15H20F3N3O/c1-14(2)9-21(7-6-12(14)19)13(22)20-11-5-3-4-10(8-11)15(16,17)18/h3-5,8,12H,6-7,9,19H2,1-2H3,(H,20,22). The fraction of sp³-hybridized carbons (Fsp3) is 0.533. The summed E-state index contributed by atoms with van der Waals surface area (Å²) >= 11 is 0. The zero-order chi connectivity index (χ0) is 16.5. The lowest BCUT2D eigenvalue weighted by Gasteiger charge is -2.42. The van der Waals surface area contributed by atoms with Crippen LogP contribution in [0.25, 0.3) is 0 Å². The highest BCUT2D eigenvalue weighted by molar-refractivity contribution is 5.89. The molecule has 3 N–H and O–H groups in total. The Kier molecular flexibility index (Phi) is 4.37. The van der Waals surface area contributed by atoms with Crippen molar-refractivity contribution in [3.63, 3.8) is 0 Å². The number of nitrogens with two attached hydrogens (primary N) is 1. The second-order valence-corrected chi connectivity index (χ2v) is 6.31. The number of halogens is 3. The van der Waals surface area contributed by atoms with Crippen molar-refractivity contribution >= 4 is 11.7 Å². The molecule has 1 fully saturated rings. The molecule has 0 aliphatic carbocycles. The number of carbonyl (C=O) groups excluding carboxylic acids is 1. The van der Waals surface area contributed by atoms with Crippen LogP contribution in [-0.2, 0) is 6.18 Å². The van der Waals surface area contributed by atoms with Gasteiger partial charge in [-0.2, -0.15) is 13.2 Å². The lowest BCUT2D eigenvalue weighted by molar-refractivity contribution is -0.137. The first-order valence-corrected chi connectivity index (χ1v) is 7.08. The fourth-order valence-corrected chi connectivity index (χ4v) is 2.52. The van der Waals surface area contributed by atoms with Crippen molar-refractivity contribution in [1.29, 1.82) is 0 Å². The average Bonchev–Trinajstić information content (AvgIpc) is 2.41. The zero-order valence-electron chi connectivity index (χ0n) is 12.6. The summed E-state index contributed by atoms with van der Waals surface area (Å²) in [5.74, 6) is 0. The Morgan fingerprint density at radius 1 is 1.41 bits per heavy atom. The van der Waals surface area contributed by atoms with Crippen molar-refractivity contribution in [1.82, 2.24) is 4.90 Å². The van der Waals surface area contributed by atoms with Gasteiger partial charge in [0.15, 0.2) is 0 Å². The third kappa shape index (κ3) is 3.71. The smallest absolute Gasteiger partial charge is 0.327 e. The summed E-state index contributed by atoms with van der Waals surface area (Å²) in [6.45, 7) is 4.91. The molecule has 22 heavy (non-hydrogen) atoms. The minimum absolute atomic E-state index is 0.00473. The summed E-state index contributed by atoms with van der Waals surface area (Å²) in [4.78, 5) is 13.8. The number of hydrogen-bond donors (Lipinski definition) is 2. The van der Waals surface area contributed by atoms with Crippen LogP contribution in [0.15, 0.2) is 24.3 Å². The van der Waals surface area contributed by atoms with Crippen LogP contribution in [0, 0.1) is 5.41 Å². The van der Waals surface area contributed by atoms with Gasteiger partial charge in [0.25, 0.3) is 0 Å². The number of rotatable bonds is 1. The summed E-state index contributed by atoms with van der Waals surface area (Å²) in [7, 11) is 0. The van der Waals surface area contributed by atoms with Gasteiger partial charge in [-0.1, -0.05) is 19.9 Å². The second-order valence-electron chi connectivity index (χ2n) is 6.31. The van der Waals surface area contributed by atoms with E-state index in [1.165, 1.54) is 12.1 Å². The van der Waals surface area contributed by atoms with E-state index in [1.54, 1.807) is 4.90 Å². The van der Waals surface area contributed by atoms with Crippen LogP contribution in [0.2, 0.25) is 0 Å². The predicted octanol–water partition coefficient (Wildman–Crippen LogP) is 3.30. The van der Waals surface area contributed by atoms with Crippen LogP contribution in [0.5, 0.6) is 0 Å². The molecule has 0 saturated carbocycles. The van der Waals surface area contributed by atoms with Crippen molar-refractivity contribution in [2.24, 2.45) is 11.1 Å². The number of amides is 2. The van der Waals surface area contributed by atoms with Crippen molar-refractivity contribution in [3.8, 4) is 0 Å². The molecule has 1 heterocycles. The molecule has 1 aromatic carbocycles. The van der Waals surface area contributed by atoms with Crippen molar-refractivity contribution in [2.45, 2.75) is 32.5 Å². The van der Waals surface area contributed by atoms with E-state index in [2.05, 4.69) is 5.32 Å². The first-order chi connectivity index (χ1) is 10.1. The number of nitrogens with zero attached hydrogens (tertiary/aromatic N) is 1. The second kappa shape index (κ2) is 5.79. The van der Waals surface area contributed by atoms with Crippen LogP contribution >= 0.6 is 0 Å². The first-order valence-electron chi connectivity index (χ1n) is 7.08. The molecule has 0 bridgehead atoms. The molecule has 1 aliphatic rings. The van der Waals surface area contributed by atoms with Gasteiger partial charge >= 0.3 is 12.2 Å². The van der Waals surface area contributed by atoms with Gasteiger partial charge in [0.2, 0.25) is 0 Å². The maximum absolute atomic E-state index is 12.7. The maximum Gasteiger partial charge on any atom is 0.416 e. The molecule has 4 nitrogen and oxygen atoms in total. The molecule has 1 atom stereocenters. The van der Waals surface area contributed by atoms with E-state index in [-0.39, 0.29) is 17.1 Å². The molecule has 0 spiro atoms. The van der Waals surface area contributed by atoms with E-state index in [9.17, 15) is 18.0 Å². The molecule has 2 rings (SSSR count). The molecular weight excluding hydrogens is 295 g/mol. The molecule has 2 amide bonds. The van der Waals surface area contributed by atoms with Gasteiger partial charge in [0.1, 0.15) is 0 Å². The van der Waals surface area contributed by atoms with E-state index in [1.807, 2.05) is 13.8 Å². The molecule has 0 aromatic heterocycles. The Bertz CT molecular complexity index is 557. The Labute approximate surface area is 127 Å². The van der Waals surface area contributed by atoms with Crippen LogP contribution in [0.1, 0.15) is 25.8 Å². The topological polar surface area (TPSA) is 58.4 Å². The average molecular weight is 315 g/mol. The van der Waals surface area contributed by atoms with E-state index in [0.717, 1.165) is 12.1 Å². The molecule has 1 saturated heterocycles. The predicted molar refractivity (Wildman–Crippen MR) is 78.4 cm³/mol. The highest BCUT2D eigenvalue weighted by Gasteiger charge is 2.35. The quantitative estimate of drug-likeness (QED) is 0.835. The number of benzene rings is 1. The lowest BCUT2D eigenvalue weighted by Crippen LogP contribution is -2.54. The summed E-state index contributed by atoms with van der Waals surface area (Å²) in [6.07, 6.45) is -3.76. The monoisotopic (exact) mass is 315 g/mol. The van der Waals surface area contributed by atoms with Crippen molar-refractivity contribution < 1.29 is 18.0 Å².